The van der Waals surface area contributed by atoms with Crippen LogP contribution < -0.4 is 5.32 Å². The Morgan fingerprint density at radius 3 is 2.89 bits per heavy atom. The number of benzene rings is 1. The number of anilines is 1. The maximum absolute atomic E-state index is 13.5. The molecule has 0 bridgehead atoms. The molecule has 0 radical (unpaired) electrons. The third kappa shape index (κ3) is 3.64. The minimum atomic E-state index is -0.517. The number of hydrogen-bond acceptors (Lipinski definition) is 4. The quantitative estimate of drug-likeness (QED) is 0.723. The van der Waals surface area contributed by atoms with E-state index in [1.165, 1.54) is 12.1 Å². The lowest BCUT2D eigenvalue weighted by molar-refractivity contribution is -0.130. The van der Waals surface area contributed by atoms with Gasteiger partial charge in [-0.25, -0.2) is 4.39 Å². The minimum Gasteiger partial charge on any atom is -0.376 e. The highest BCUT2D eigenvalue weighted by atomic mass is 35.5. The molecular weight excluding hydrogens is 369 g/mol. The van der Waals surface area contributed by atoms with Crippen molar-refractivity contribution >= 4 is 23.2 Å². The Bertz CT molecular complexity index is 975. The summed E-state index contributed by atoms with van der Waals surface area (Å²) in [6, 6.07) is 8.18. The van der Waals surface area contributed by atoms with Crippen molar-refractivity contribution in [1.29, 1.82) is 0 Å². The Hall–Kier alpha value is -2.93. The first-order chi connectivity index (χ1) is 13.1. The van der Waals surface area contributed by atoms with Gasteiger partial charge < -0.3 is 10.2 Å². The predicted molar refractivity (Wildman–Crippen MR) is 101 cm³/mol. The molecule has 138 valence electrons. The number of hydrogen-bond donors (Lipinski definition) is 2. The van der Waals surface area contributed by atoms with Crippen LogP contribution in [0.4, 0.5) is 10.1 Å². The molecule has 0 atom stereocenters. The van der Waals surface area contributed by atoms with Crippen molar-refractivity contribution in [2.45, 2.75) is 13.0 Å². The van der Waals surface area contributed by atoms with Gasteiger partial charge in [-0.15, -0.1) is 0 Å². The third-order valence-corrected chi connectivity index (χ3v) is 4.91. The molecule has 0 spiro atoms. The molecule has 8 heteroatoms. The molecule has 1 aliphatic heterocycles. The highest BCUT2D eigenvalue weighted by Gasteiger charge is 2.25. The lowest BCUT2D eigenvalue weighted by atomic mass is 10.0. The van der Waals surface area contributed by atoms with E-state index in [9.17, 15) is 9.18 Å². The summed E-state index contributed by atoms with van der Waals surface area (Å²) in [4.78, 5) is 18.4. The summed E-state index contributed by atoms with van der Waals surface area (Å²) in [5.74, 6) is -0.574. The van der Waals surface area contributed by atoms with E-state index in [0.717, 1.165) is 22.5 Å². The van der Waals surface area contributed by atoms with Crippen LogP contribution in [0.15, 0.2) is 42.7 Å². The Labute approximate surface area is 160 Å². The fraction of sp³-hybridized carbons (Fsp3) is 0.211. The molecule has 2 N–H and O–H groups in total. The average molecular weight is 386 g/mol. The van der Waals surface area contributed by atoms with Crippen LogP contribution in [-0.4, -0.2) is 39.1 Å². The number of amides is 1. The number of nitrogens with zero attached hydrogens (tertiary/aromatic N) is 3. The van der Waals surface area contributed by atoms with Crippen molar-refractivity contribution in [3.8, 4) is 11.3 Å². The van der Waals surface area contributed by atoms with Crippen LogP contribution in [0.5, 0.6) is 0 Å². The summed E-state index contributed by atoms with van der Waals surface area (Å²) in [5, 5.41) is 10.5. The topological polar surface area (TPSA) is 73.9 Å². The molecular formula is C19H17ClFN5O. The molecule has 3 aromatic rings. The Morgan fingerprint density at radius 2 is 2.11 bits per heavy atom. The van der Waals surface area contributed by atoms with Gasteiger partial charge in [0.2, 0.25) is 5.91 Å². The van der Waals surface area contributed by atoms with Crippen molar-refractivity contribution in [1.82, 2.24) is 20.1 Å². The average Bonchev–Trinajstić information content (AvgIpc) is 3.12. The summed E-state index contributed by atoms with van der Waals surface area (Å²) in [6.07, 6.45) is 4.16. The number of nitrogens with one attached hydrogen (secondary N) is 2. The molecule has 4 rings (SSSR count). The fourth-order valence-electron chi connectivity index (χ4n) is 3.15. The molecule has 0 saturated carbocycles. The van der Waals surface area contributed by atoms with Gasteiger partial charge in [-0.3, -0.25) is 14.9 Å². The number of rotatable bonds is 4. The van der Waals surface area contributed by atoms with Gasteiger partial charge in [0.15, 0.2) is 0 Å². The largest absolute Gasteiger partial charge is 0.376 e. The van der Waals surface area contributed by atoms with Gasteiger partial charge in [-0.1, -0.05) is 11.6 Å². The molecule has 0 saturated heterocycles. The van der Waals surface area contributed by atoms with Crippen LogP contribution in [-0.2, 0) is 17.8 Å². The van der Waals surface area contributed by atoms with Crippen LogP contribution in [0.3, 0.4) is 0 Å². The van der Waals surface area contributed by atoms with Crippen molar-refractivity contribution in [2.75, 3.05) is 18.4 Å². The monoisotopic (exact) mass is 385 g/mol. The first-order valence-corrected chi connectivity index (χ1v) is 8.93. The van der Waals surface area contributed by atoms with E-state index in [1.54, 1.807) is 23.4 Å². The number of aromatic nitrogens is 3. The van der Waals surface area contributed by atoms with Gasteiger partial charge in [-0.05, 0) is 30.3 Å². The number of carbonyl (C=O) groups is 1. The number of pyridine rings is 1. The van der Waals surface area contributed by atoms with E-state index in [0.29, 0.717) is 25.2 Å². The zero-order valence-corrected chi connectivity index (χ0v) is 15.1. The summed E-state index contributed by atoms with van der Waals surface area (Å²) in [6.45, 7) is 1.18. The van der Waals surface area contributed by atoms with Gasteiger partial charge in [0, 0.05) is 54.4 Å². The smallest absolute Gasteiger partial charge is 0.242 e. The zero-order chi connectivity index (χ0) is 18.8. The third-order valence-electron chi connectivity index (χ3n) is 4.60. The molecule has 6 nitrogen and oxygen atoms in total. The van der Waals surface area contributed by atoms with E-state index in [-0.39, 0.29) is 17.5 Å². The van der Waals surface area contributed by atoms with Gasteiger partial charge in [0.05, 0.1) is 17.3 Å². The number of aromatic amines is 1. The second kappa shape index (κ2) is 7.36. The molecule has 0 unspecified atom stereocenters. The molecule has 1 aliphatic rings. The second-order valence-corrected chi connectivity index (χ2v) is 6.72. The first-order valence-electron chi connectivity index (χ1n) is 8.55. The number of fused-ring (bicyclic) bond motifs is 1. The van der Waals surface area contributed by atoms with Crippen LogP contribution in [0.1, 0.15) is 11.3 Å². The summed E-state index contributed by atoms with van der Waals surface area (Å²) in [5.41, 5.74) is 4.41. The van der Waals surface area contributed by atoms with E-state index in [4.69, 9.17) is 11.6 Å². The SMILES string of the molecule is O=C(CNc1ccc(Cl)c(F)c1)N1CCc2[nH]nc(-c3ccncc3)c2C1. The van der Waals surface area contributed by atoms with Gasteiger partial charge in [0.1, 0.15) is 5.82 Å². The zero-order valence-electron chi connectivity index (χ0n) is 14.4. The maximum Gasteiger partial charge on any atom is 0.242 e. The van der Waals surface area contributed by atoms with Gasteiger partial charge in [0.25, 0.3) is 0 Å². The fourth-order valence-corrected chi connectivity index (χ4v) is 3.27. The Morgan fingerprint density at radius 1 is 1.30 bits per heavy atom. The van der Waals surface area contributed by atoms with Crippen molar-refractivity contribution in [3.63, 3.8) is 0 Å². The predicted octanol–water partition coefficient (Wildman–Crippen LogP) is 3.26. The molecule has 27 heavy (non-hydrogen) atoms. The van der Waals surface area contributed by atoms with E-state index in [1.807, 2.05) is 12.1 Å². The molecule has 3 heterocycles. The Balaban J connectivity index is 1.45. The highest BCUT2D eigenvalue weighted by Crippen LogP contribution is 2.28. The van der Waals surface area contributed by atoms with Gasteiger partial charge >= 0.3 is 0 Å². The molecule has 1 amide bonds. The summed E-state index contributed by atoms with van der Waals surface area (Å²) in [7, 11) is 0. The van der Waals surface area contributed by atoms with Crippen LogP contribution in [0.2, 0.25) is 5.02 Å². The minimum absolute atomic E-state index is 0.0547. The number of carbonyl (C=O) groups excluding carboxylic acids is 1. The second-order valence-electron chi connectivity index (χ2n) is 6.31. The van der Waals surface area contributed by atoms with Crippen molar-refractivity contribution in [2.24, 2.45) is 0 Å². The van der Waals surface area contributed by atoms with Crippen LogP contribution in [0.25, 0.3) is 11.3 Å². The van der Waals surface area contributed by atoms with E-state index in [2.05, 4.69) is 20.5 Å². The lowest BCUT2D eigenvalue weighted by Crippen LogP contribution is -2.39. The number of halogens is 2. The molecule has 0 fully saturated rings. The first kappa shape index (κ1) is 17.5. The maximum atomic E-state index is 13.5. The Kier molecular flexibility index (Phi) is 4.77. The molecule has 0 aliphatic carbocycles. The van der Waals surface area contributed by atoms with E-state index < -0.39 is 5.82 Å². The lowest BCUT2D eigenvalue weighted by Gasteiger charge is -2.27. The van der Waals surface area contributed by atoms with Gasteiger partial charge in [-0.2, -0.15) is 5.10 Å². The van der Waals surface area contributed by atoms with Crippen molar-refractivity contribution < 1.29 is 9.18 Å². The summed E-state index contributed by atoms with van der Waals surface area (Å²) < 4.78 is 13.5. The molecule has 2 aromatic heterocycles. The standard InChI is InChI=1S/C19H17ClFN5O/c20-15-2-1-13(9-16(15)21)23-10-18(27)26-8-5-17-14(11-26)19(25-24-17)12-3-6-22-7-4-12/h1-4,6-7,9,23H,5,8,10-11H2,(H,24,25). The van der Waals surface area contributed by atoms with Crippen LogP contribution >= 0.6 is 11.6 Å². The molecule has 1 aromatic carbocycles. The summed E-state index contributed by atoms with van der Waals surface area (Å²) >= 11 is 5.68. The number of H-pyrrole nitrogens is 1. The van der Waals surface area contributed by atoms with E-state index >= 15 is 0 Å². The van der Waals surface area contributed by atoms with Crippen LogP contribution in [0, 0.1) is 5.82 Å². The normalized spacial score (nSPS) is 13.3. The highest BCUT2D eigenvalue weighted by molar-refractivity contribution is 6.30. The van der Waals surface area contributed by atoms with Crippen molar-refractivity contribution in [3.05, 3.63) is 64.8 Å².